The van der Waals surface area contributed by atoms with Gasteiger partial charge >= 0.3 is 0 Å². The maximum Gasteiger partial charge on any atom is 0.225 e. The van der Waals surface area contributed by atoms with E-state index in [1.807, 2.05) is 35.8 Å². The molecule has 1 aromatic heterocycles. The van der Waals surface area contributed by atoms with Crippen molar-refractivity contribution in [3.8, 4) is 5.75 Å². The van der Waals surface area contributed by atoms with Crippen LogP contribution in [0.1, 0.15) is 18.3 Å². The van der Waals surface area contributed by atoms with Crippen LogP contribution in [0.2, 0.25) is 5.28 Å². The Morgan fingerprint density at radius 2 is 2.18 bits per heavy atom. The second-order valence-electron chi connectivity index (χ2n) is 3.68. The molecule has 1 heterocycles. The molecule has 0 radical (unpaired) electrons. The Hall–Kier alpha value is -1.55. The second kappa shape index (κ2) is 5.19. The van der Waals surface area contributed by atoms with Gasteiger partial charge in [0.25, 0.3) is 0 Å². The molecular formula is C12H14ClN3O. The van der Waals surface area contributed by atoms with Crippen LogP contribution in [0.3, 0.4) is 0 Å². The first-order chi connectivity index (χ1) is 8.24. The van der Waals surface area contributed by atoms with Gasteiger partial charge in [-0.1, -0.05) is 19.1 Å². The molecule has 0 saturated carbocycles. The van der Waals surface area contributed by atoms with Crippen LogP contribution >= 0.6 is 11.6 Å². The standard InChI is InChI=1S/C12H14ClN3O/c1-3-11-14-15-12(13)16(11)8-9-5-4-6-10(7-9)17-2/h4-7H,3,8H2,1-2H3. The van der Waals surface area contributed by atoms with Crippen molar-refractivity contribution in [3.63, 3.8) is 0 Å². The van der Waals surface area contributed by atoms with Crippen molar-refractivity contribution in [2.45, 2.75) is 19.9 Å². The zero-order chi connectivity index (χ0) is 12.3. The van der Waals surface area contributed by atoms with E-state index in [2.05, 4.69) is 10.2 Å². The van der Waals surface area contributed by atoms with E-state index in [-0.39, 0.29) is 0 Å². The second-order valence-corrected chi connectivity index (χ2v) is 4.01. The number of rotatable bonds is 4. The van der Waals surface area contributed by atoms with Gasteiger partial charge < -0.3 is 4.74 Å². The molecule has 0 N–H and O–H groups in total. The van der Waals surface area contributed by atoms with Crippen LogP contribution in [0.15, 0.2) is 24.3 Å². The average Bonchev–Trinajstić information content (AvgIpc) is 2.71. The number of ether oxygens (including phenoxy) is 1. The molecule has 5 heteroatoms. The van der Waals surface area contributed by atoms with Crippen molar-refractivity contribution in [3.05, 3.63) is 40.9 Å². The molecule has 17 heavy (non-hydrogen) atoms. The van der Waals surface area contributed by atoms with E-state index < -0.39 is 0 Å². The highest BCUT2D eigenvalue weighted by Gasteiger charge is 2.09. The van der Waals surface area contributed by atoms with Crippen molar-refractivity contribution in [2.75, 3.05) is 7.11 Å². The predicted molar refractivity (Wildman–Crippen MR) is 66.5 cm³/mol. The third-order valence-corrected chi connectivity index (χ3v) is 2.85. The van der Waals surface area contributed by atoms with E-state index in [1.54, 1.807) is 7.11 Å². The highest BCUT2D eigenvalue weighted by molar-refractivity contribution is 6.28. The molecule has 2 rings (SSSR count). The summed E-state index contributed by atoms with van der Waals surface area (Å²) in [6.45, 7) is 2.69. The molecule has 0 spiro atoms. The fourth-order valence-corrected chi connectivity index (χ4v) is 1.88. The van der Waals surface area contributed by atoms with Crippen molar-refractivity contribution < 1.29 is 4.74 Å². The first-order valence-corrected chi connectivity index (χ1v) is 5.83. The molecule has 90 valence electrons. The summed E-state index contributed by atoms with van der Waals surface area (Å²) in [5.41, 5.74) is 1.11. The summed E-state index contributed by atoms with van der Waals surface area (Å²) >= 11 is 6.01. The minimum absolute atomic E-state index is 0.421. The van der Waals surface area contributed by atoms with Crippen LogP contribution in [0, 0.1) is 0 Å². The molecule has 4 nitrogen and oxygen atoms in total. The highest BCUT2D eigenvalue weighted by Crippen LogP contribution is 2.16. The molecule has 1 aromatic carbocycles. The van der Waals surface area contributed by atoms with E-state index in [9.17, 15) is 0 Å². The molecular weight excluding hydrogens is 238 g/mol. The minimum Gasteiger partial charge on any atom is -0.497 e. The van der Waals surface area contributed by atoms with E-state index in [0.29, 0.717) is 11.8 Å². The smallest absolute Gasteiger partial charge is 0.225 e. The molecule has 0 saturated heterocycles. The zero-order valence-electron chi connectivity index (χ0n) is 9.85. The zero-order valence-corrected chi connectivity index (χ0v) is 10.6. The Morgan fingerprint density at radius 3 is 2.88 bits per heavy atom. The molecule has 0 amide bonds. The van der Waals surface area contributed by atoms with Gasteiger partial charge in [-0.25, -0.2) is 0 Å². The maximum atomic E-state index is 6.01. The van der Waals surface area contributed by atoms with Crippen molar-refractivity contribution >= 4 is 11.6 Å². The number of benzene rings is 1. The average molecular weight is 252 g/mol. The third-order valence-electron chi connectivity index (χ3n) is 2.57. The predicted octanol–water partition coefficient (Wildman–Crippen LogP) is 2.55. The number of hydrogen-bond donors (Lipinski definition) is 0. The Kier molecular flexibility index (Phi) is 3.64. The Morgan fingerprint density at radius 1 is 1.35 bits per heavy atom. The van der Waals surface area contributed by atoms with Crippen molar-refractivity contribution in [2.24, 2.45) is 0 Å². The van der Waals surface area contributed by atoms with Gasteiger partial charge in [-0.3, -0.25) is 4.57 Å². The molecule has 0 atom stereocenters. The number of aromatic nitrogens is 3. The van der Waals surface area contributed by atoms with Crippen LogP contribution in [0.4, 0.5) is 0 Å². The van der Waals surface area contributed by atoms with Gasteiger partial charge in [-0.05, 0) is 29.3 Å². The van der Waals surface area contributed by atoms with Gasteiger partial charge in [0.2, 0.25) is 5.28 Å². The lowest BCUT2D eigenvalue weighted by atomic mass is 10.2. The van der Waals surface area contributed by atoms with E-state index in [4.69, 9.17) is 16.3 Å². The minimum atomic E-state index is 0.421. The normalized spacial score (nSPS) is 10.5. The summed E-state index contributed by atoms with van der Waals surface area (Å²) in [4.78, 5) is 0. The van der Waals surface area contributed by atoms with Crippen LogP contribution in [0.5, 0.6) is 5.75 Å². The molecule has 2 aromatic rings. The van der Waals surface area contributed by atoms with E-state index in [0.717, 1.165) is 23.6 Å². The quantitative estimate of drug-likeness (QED) is 0.839. The van der Waals surface area contributed by atoms with Crippen molar-refractivity contribution in [1.29, 1.82) is 0 Å². The third kappa shape index (κ3) is 2.58. The molecule has 0 bridgehead atoms. The summed E-state index contributed by atoms with van der Waals surface area (Å²) in [7, 11) is 1.66. The topological polar surface area (TPSA) is 39.9 Å². The maximum absolute atomic E-state index is 6.01. The fourth-order valence-electron chi connectivity index (χ4n) is 1.68. The largest absolute Gasteiger partial charge is 0.497 e. The number of aryl methyl sites for hydroxylation is 1. The Balaban J connectivity index is 2.27. The number of hydrogen-bond acceptors (Lipinski definition) is 3. The Labute approximate surface area is 105 Å². The van der Waals surface area contributed by atoms with Crippen molar-refractivity contribution in [1.82, 2.24) is 14.8 Å². The van der Waals surface area contributed by atoms with Crippen LogP contribution in [-0.4, -0.2) is 21.9 Å². The van der Waals surface area contributed by atoms with Gasteiger partial charge in [-0.15, -0.1) is 10.2 Å². The summed E-state index contributed by atoms with van der Waals surface area (Å²) in [5, 5.41) is 8.32. The van der Waals surface area contributed by atoms with Gasteiger partial charge in [0.1, 0.15) is 11.6 Å². The van der Waals surface area contributed by atoms with Gasteiger partial charge in [0.15, 0.2) is 0 Å². The lowest BCUT2D eigenvalue weighted by Crippen LogP contribution is -2.04. The first kappa shape index (κ1) is 11.9. The Bertz CT molecular complexity index is 510. The number of methoxy groups -OCH3 is 1. The van der Waals surface area contributed by atoms with Gasteiger partial charge in [0, 0.05) is 6.42 Å². The SMILES string of the molecule is CCc1nnc(Cl)n1Cc1cccc(OC)c1. The van der Waals surface area contributed by atoms with Gasteiger partial charge in [0.05, 0.1) is 13.7 Å². The van der Waals surface area contributed by atoms with Crippen LogP contribution in [-0.2, 0) is 13.0 Å². The van der Waals surface area contributed by atoms with Gasteiger partial charge in [-0.2, -0.15) is 0 Å². The fraction of sp³-hybridized carbons (Fsp3) is 0.333. The monoisotopic (exact) mass is 251 g/mol. The lowest BCUT2D eigenvalue weighted by molar-refractivity contribution is 0.414. The lowest BCUT2D eigenvalue weighted by Gasteiger charge is -2.08. The van der Waals surface area contributed by atoms with Crippen LogP contribution in [0.25, 0.3) is 0 Å². The number of nitrogens with zero attached hydrogens (tertiary/aromatic N) is 3. The summed E-state index contributed by atoms with van der Waals surface area (Å²) in [6, 6.07) is 7.88. The first-order valence-electron chi connectivity index (χ1n) is 5.45. The summed E-state index contributed by atoms with van der Waals surface area (Å²) in [5.74, 6) is 1.72. The molecule has 0 unspecified atom stereocenters. The summed E-state index contributed by atoms with van der Waals surface area (Å²) < 4.78 is 7.09. The van der Waals surface area contributed by atoms with Crippen LogP contribution < -0.4 is 4.74 Å². The molecule has 0 fully saturated rings. The summed E-state index contributed by atoms with van der Waals surface area (Å²) in [6.07, 6.45) is 0.809. The molecule has 0 aliphatic heterocycles. The van der Waals surface area contributed by atoms with E-state index in [1.165, 1.54) is 0 Å². The van der Waals surface area contributed by atoms with E-state index >= 15 is 0 Å². The highest BCUT2D eigenvalue weighted by atomic mass is 35.5. The molecule has 0 aliphatic rings. The molecule has 0 aliphatic carbocycles. The number of halogens is 1.